The predicted molar refractivity (Wildman–Crippen MR) is 61.6 cm³/mol. The number of ether oxygens (including phenoxy) is 3. The summed E-state index contributed by atoms with van der Waals surface area (Å²) in [7, 11) is 1.71. The van der Waals surface area contributed by atoms with Gasteiger partial charge in [-0.05, 0) is 32.9 Å². The lowest BCUT2D eigenvalue weighted by molar-refractivity contribution is -0.0454. The van der Waals surface area contributed by atoms with Gasteiger partial charge in [-0.2, -0.15) is 0 Å². The first-order valence-electron chi connectivity index (χ1n) is 6.23. The highest BCUT2D eigenvalue weighted by Gasteiger charge is 2.41. The smallest absolute Gasteiger partial charge is 0.0841 e. The number of nitrogens with one attached hydrogen (secondary N) is 1. The van der Waals surface area contributed by atoms with Gasteiger partial charge in [0, 0.05) is 13.5 Å². The van der Waals surface area contributed by atoms with Crippen molar-refractivity contribution in [2.75, 3.05) is 33.4 Å². The van der Waals surface area contributed by atoms with E-state index in [4.69, 9.17) is 14.2 Å². The molecule has 0 aromatic carbocycles. The molecule has 2 unspecified atom stereocenters. The molecule has 2 atom stereocenters. The summed E-state index contributed by atoms with van der Waals surface area (Å²) < 4.78 is 17.0. The lowest BCUT2D eigenvalue weighted by Crippen LogP contribution is -2.41. The maximum atomic E-state index is 5.97. The highest BCUT2D eigenvalue weighted by atomic mass is 16.6. The van der Waals surface area contributed by atoms with Gasteiger partial charge in [0.05, 0.1) is 31.0 Å². The Balaban J connectivity index is 1.78. The molecule has 0 amide bonds. The zero-order valence-electron chi connectivity index (χ0n) is 10.3. The first-order valence-corrected chi connectivity index (χ1v) is 6.23. The Morgan fingerprint density at radius 3 is 2.88 bits per heavy atom. The van der Waals surface area contributed by atoms with E-state index in [-0.39, 0.29) is 17.8 Å². The van der Waals surface area contributed by atoms with Crippen LogP contribution in [0, 0.1) is 0 Å². The first kappa shape index (κ1) is 12.3. The van der Waals surface area contributed by atoms with Crippen LogP contribution in [-0.2, 0) is 14.2 Å². The van der Waals surface area contributed by atoms with Gasteiger partial charge in [-0.25, -0.2) is 0 Å². The van der Waals surface area contributed by atoms with Crippen molar-refractivity contribution >= 4 is 0 Å². The summed E-state index contributed by atoms with van der Waals surface area (Å²) >= 11 is 0. The second-order valence-corrected chi connectivity index (χ2v) is 4.97. The van der Waals surface area contributed by atoms with Gasteiger partial charge in [-0.1, -0.05) is 0 Å². The SMILES string of the molecule is COCC(C)OC1COC2(CCNCC2)C1. The topological polar surface area (TPSA) is 39.7 Å². The lowest BCUT2D eigenvalue weighted by atomic mass is 9.89. The fraction of sp³-hybridized carbons (Fsp3) is 1.00. The van der Waals surface area contributed by atoms with E-state index < -0.39 is 0 Å². The zero-order chi connectivity index (χ0) is 11.4. The van der Waals surface area contributed by atoms with Crippen molar-refractivity contribution in [3.8, 4) is 0 Å². The molecule has 4 heteroatoms. The van der Waals surface area contributed by atoms with Crippen LogP contribution in [0.4, 0.5) is 0 Å². The van der Waals surface area contributed by atoms with Gasteiger partial charge in [0.1, 0.15) is 0 Å². The van der Waals surface area contributed by atoms with Gasteiger partial charge >= 0.3 is 0 Å². The molecule has 0 aromatic rings. The van der Waals surface area contributed by atoms with E-state index >= 15 is 0 Å². The third-order valence-corrected chi connectivity index (χ3v) is 3.52. The largest absolute Gasteiger partial charge is 0.382 e. The lowest BCUT2D eigenvalue weighted by Gasteiger charge is -2.32. The Morgan fingerprint density at radius 2 is 2.19 bits per heavy atom. The van der Waals surface area contributed by atoms with Gasteiger partial charge in [0.15, 0.2) is 0 Å². The molecule has 2 aliphatic rings. The number of methoxy groups -OCH3 is 1. The fourth-order valence-corrected chi connectivity index (χ4v) is 2.72. The molecule has 94 valence electrons. The quantitative estimate of drug-likeness (QED) is 0.779. The van der Waals surface area contributed by atoms with Crippen molar-refractivity contribution in [2.24, 2.45) is 0 Å². The van der Waals surface area contributed by atoms with Gasteiger partial charge < -0.3 is 19.5 Å². The van der Waals surface area contributed by atoms with Gasteiger partial charge in [0.2, 0.25) is 0 Å². The highest BCUT2D eigenvalue weighted by molar-refractivity contribution is 4.93. The Labute approximate surface area is 97.6 Å². The fourth-order valence-electron chi connectivity index (χ4n) is 2.72. The first-order chi connectivity index (χ1) is 7.74. The summed E-state index contributed by atoms with van der Waals surface area (Å²) in [6.45, 7) is 5.59. The summed E-state index contributed by atoms with van der Waals surface area (Å²) in [6, 6.07) is 0. The maximum Gasteiger partial charge on any atom is 0.0841 e. The van der Waals surface area contributed by atoms with E-state index in [1.807, 2.05) is 0 Å². The number of rotatable bonds is 4. The Kier molecular flexibility index (Phi) is 4.19. The number of hydrogen-bond donors (Lipinski definition) is 1. The minimum atomic E-state index is 0.0999. The average Bonchev–Trinajstić information content (AvgIpc) is 2.63. The molecule has 0 saturated carbocycles. The van der Waals surface area contributed by atoms with E-state index in [9.17, 15) is 0 Å². The third-order valence-electron chi connectivity index (χ3n) is 3.52. The van der Waals surface area contributed by atoms with Crippen molar-refractivity contribution in [2.45, 2.75) is 44.0 Å². The molecular weight excluding hydrogens is 206 g/mol. The predicted octanol–water partition coefficient (Wildman–Crippen LogP) is 0.949. The minimum absolute atomic E-state index is 0.0999. The van der Waals surface area contributed by atoms with E-state index in [0.717, 1.165) is 39.0 Å². The molecule has 1 spiro atoms. The summed E-state index contributed by atoms with van der Waals surface area (Å²) in [5.74, 6) is 0. The summed E-state index contributed by atoms with van der Waals surface area (Å²) in [6.07, 6.45) is 3.69. The van der Waals surface area contributed by atoms with Crippen LogP contribution in [0.15, 0.2) is 0 Å². The molecule has 2 rings (SSSR count). The van der Waals surface area contributed by atoms with Gasteiger partial charge in [-0.15, -0.1) is 0 Å². The molecule has 4 nitrogen and oxygen atoms in total. The summed E-state index contributed by atoms with van der Waals surface area (Å²) in [5, 5.41) is 3.37. The minimum Gasteiger partial charge on any atom is -0.382 e. The summed E-state index contributed by atoms with van der Waals surface area (Å²) in [5.41, 5.74) is 0.0999. The molecule has 2 heterocycles. The molecule has 0 aliphatic carbocycles. The van der Waals surface area contributed by atoms with Crippen LogP contribution in [0.25, 0.3) is 0 Å². The highest BCUT2D eigenvalue weighted by Crippen LogP contribution is 2.35. The van der Waals surface area contributed by atoms with Crippen LogP contribution in [0.3, 0.4) is 0 Å². The number of hydrogen-bond acceptors (Lipinski definition) is 4. The number of piperidine rings is 1. The molecule has 1 N–H and O–H groups in total. The Hall–Kier alpha value is -0.160. The van der Waals surface area contributed by atoms with Crippen molar-refractivity contribution in [3.63, 3.8) is 0 Å². The molecule has 0 radical (unpaired) electrons. The monoisotopic (exact) mass is 229 g/mol. The zero-order valence-corrected chi connectivity index (χ0v) is 10.3. The second kappa shape index (κ2) is 5.45. The molecule has 0 aromatic heterocycles. The third kappa shape index (κ3) is 2.94. The van der Waals surface area contributed by atoms with Crippen LogP contribution in [0.5, 0.6) is 0 Å². The van der Waals surface area contributed by atoms with E-state index in [1.165, 1.54) is 0 Å². The summed E-state index contributed by atoms with van der Waals surface area (Å²) in [4.78, 5) is 0. The Morgan fingerprint density at radius 1 is 1.44 bits per heavy atom. The second-order valence-electron chi connectivity index (χ2n) is 4.97. The van der Waals surface area contributed by atoms with Crippen molar-refractivity contribution < 1.29 is 14.2 Å². The van der Waals surface area contributed by atoms with Crippen molar-refractivity contribution in [1.29, 1.82) is 0 Å². The average molecular weight is 229 g/mol. The van der Waals surface area contributed by atoms with Crippen molar-refractivity contribution in [3.05, 3.63) is 0 Å². The van der Waals surface area contributed by atoms with Crippen LogP contribution in [0.1, 0.15) is 26.2 Å². The molecule has 2 saturated heterocycles. The van der Waals surface area contributed by atoms with Crippen LogP contribution in [0.2, 0.25) is 0 Å². The van der Waals surface area contributed by atoms with E-state index in [2.05, 4.69) is 12.2 Å². The molecule has 2 fully saturated rings. The van der Waals surface area contributed by atoms with Crippen LogP contribution in [-0.4, -0.2) is 51.2 Å². The molecular formula is C12H23NO3. The van der Waals surface area contributed by atoms with E-state index in [1.54, 1.807) is 7.11 Å². The van der Waals surface area contributed by atoms with E-state index in [0.29, 0.717) is 6.61 Å². The van der Waals surface area contributed by atoms with Crippen molar-refractivity contribution in [1.82, 2.24) is 5.32 Å². The normalized spacial score (nSPS) is 30.8. The van der Waals surface area contributed by atoms with Gasteiger partial charge in [0.25, 0.3) is 0 Å². The molecule has 2 aliphatic heterocycles. The van der Waals surface area contributed by atoms with Crippen LogP contribution < -0.4 is 5.32 Å². The maximum absolute atomic E-state index is 5.97. The van der Waals surface area contributed by atoms with Crippen LogP contribution >= 0.6 is 0 Å². The Bertz CT molecular complexity index is 216. The van der Waals surface area contributed by atoms with Gasteiger partial charge in [-0.3, -0.25) is 0 Å². The molecule has 16 heavy (non-hydrogen) atoms. The standard InChI is InChI=1S/C12H23NO3/c1-10(8-14-2)16-11-7-12(15-9-11)3-5-13-6-4-12/h10-11,13H,3-9H2,1-2H3. The molecule has 0 bridgehead atoms.